The summed E-state index contributed by atoms with van der Waals surface area (Å²) in [4.78, 5) is 10.8. The normalized spacial score (nSPS) is 10.4. The molecule has 2 heterocycles. The highest BCUT2D eigenvalue weighted by atomic mass is 16.5. The Morgan fingerprint density at radius 2 is 2.29 bits per heavy atom. The third-order valence-electron chi connectivity index (χ3n) is 1.95. The number of carbonyl (C=O) groups is 1. The Labute approximate surface area is 79.5 Å². The topological polar surface area (TPSA) is 63.8 Å². The Balaban J connectivity index is 2.78. The molecule has 0 atom stereocenters. The molecule has 72 valence electrons. The monoisotopic (exact) mass is 192 g/mol. The van der Waals surface area contributed by atoms with Crippen molar-refractivity contribution in [3.63, 3.8) is 0 Å². The maximum Gasteiger partial charge on any atom is 0.354 e. The van der Waals surface area contributed by atoms with Gasteiger partial charge in [-0.15, -0.1) is 0 Å². The number of ether oxygens (including phenoxy) is 1. The van der Waals surface area contributed by atoms with Gasteiger partial charge in [0.05, 0.1) is 13.3 Å². The molecule has 0 saturated heterocycles. The van der Waals surface area contributed by atoms with Gasteiger partial charge in [0.2, 0.25) is 0 Å². The van der Waals surface area contributed by atoms with Crippen molar-refractivity contribution in [1.82, 2.24) is 9.61 Å². The number of fused-ring (bicyclic) bond motifs is 1. The number of aromatic carboxylic acids is 1. The van der Waals surface area contributed by atoms with Crippen molar-refractivity contribution >= 4 is 11.5 Å². The van der Waals surface area contributed by atoms with Crippen molar-refractivity contribution in [2.24, 2.45) is 0 Å². The first kappa shape index (κ1) is 8.55. The number of hydrogen-bond acceptors (Lipinski definition) is 3. The summed E-state index contributed by atoms with van der Waals surface area (Å²) in [6, 6.07) is 4.77. The van der Waals surface area contributed by atoms with Crippen LogP contribution in [0, 0.1) is 0 Å². The first-order valence-electron chi connectivity index (χ1n) is 3.98. The molecule has 1 N–H and O–H groups in total. The molecule has 2 aromatic heterocycles. The van der Waals surface area contributed by atoms with Gasteiger partial charge in [-0.2, -0.15) is 5.10 Å². The fourth-order valence-corrected chi connectivity index (χ4v) is 1.33. The zero-order valence-electron chi connectivity index (χ0n) is 7.47. The van der Waals surface area contributed by atoms with Gasteiger partial charge in [0.1, 0.15) is 11.3 Å². The highest BCUT2D eigenvalue weighted by Gasteiger charge is 2.11. The molecule has 0 aliphatic heterocycles. The standard InChI is InChI=1S/C9H8N2O3/c1-14-8-3-2-7(9(12)13)11-6(8)4-5-10-11/h2-5H,1H3,(H,12,13). The fourth-order valence-electron chi connectivity index (χ4n) is 1.33. The highest BCUT2D eigenvalue weighted by molar-refractivity contribution is 5.87. The minimum absolute atomic E-state index is 0.116. The Morgan fingerprint density at radius 1 is 1.50 bits per heavy atom. The molecule has 0 saturated carbocycles. The van der Waals surface area contributed by atoms with Crippen LogP contribution in [0.3, 0.4) is 0 Å². The van der Waals surface area contributed by atoms with E-state index in [9.17, 15) is 4.79 Å². The molecule has 0 fully saturated rings. The Bertz CT molecular complexity index is 490. The van der Waals surface area contributed by atoms with Crippen LogP contribution in [0.15, 0.2) is 24.4 Å². The lowest BCUT2D eigenvalue weighted by molar-refractivity contribution is 0.0687. The summed E-state index contributed by atoms with van der Waals surface area (Å²) < 4.78 is 6.40. The number of hydrogen-bond donors (Lipinski definition) is 1. The summed E-state index contributed by atoms with van der Waals surface area (Å²) in [7, 11) is 1.53. The van der Waals surface area contributed by atoms with Gasteiger partial charge in [0, 0.05) is 0 Å². The third kappa shape index (κ3) is 1.10. The summed E-state index contributed by atoms with van der Waals surface area (Å²) in [6.07, 6.45) is 1.53. The Kier molecular flexibility index (Phi) is 1.85. The van der Waals surface area contributed by atoms with E-state index in [0.29, 0.717) is 11.3 Å². The molecule has 5 nitrogen and oxygen atoms in total. The predicted molar refractivity (Wildman–Crippen MR) is 48.7 cm³/mol. The second-order valence-corrected chi connectivity index (χ2v) is 2.72. The van der Waals surface area contributed by atoms with Gasteiger partial charge in [0.25, 0.3) is 0 Å². The van der Waals surface area contributed by atoms with E-state index in [1.54, 1.807) is 12.1 Å². The quantitative estimate of drug-likeness (QED) is 0.772. The summed E-state index contributed by atoms with van der Waals surface area (Å²) in [5, 5.41) is 12.8. The summed E-state index contributed by atoms with van der Waals surface area (Å²) in [5.41, 5.74) is 0.762. The van der Waals surface area contributed by atoms with Gasteiger partial charge in [-0.1, -0.05) is 0 Å². The number of carboxylic acids is 1. The smallest absolute Gasteiger partial charge is 0.354 e. The predicted octanol–water partition coefficient (Wildman–Crippen LogP) is 1.04. The minimum atomic E-state index is -1.01. The molecular weight excluding hydrogens is 184 g/mol. The average Bonchev–Trinajstić information content (AvgIpc) is 2.64. The number of carboxylic acid groups (broad SMARTS) is 1. The van der Waals surface area contributed by atoms with Crippen molar-refractivity contribution in [3.8, 4) is 5.75 Å². The molecular formula is C9H8N2O3. The van der Waals surface area contributed by atoms with Gasteiger partial charge in [-0.05, 0) is 18.2 Å². The number of methoxy groups -OCH3 is 1. The lowest BCUT2D eigenvalue weighted by atomic mass is 10.3. The lowest BCUT2D eigenvalue weighted by Crippen LogP contribution is -2.06. The SMILES string of the molecule is COc1ccc(C(=O)O)n2nccc12. The van der Waals surface area contributed by atoms with E-state index in [1.165, 1.54) is 23.9 Å². The summed E-state index contributed by atoms with van der Waals surface area (Å²) in [6.45, 7) is 0. The van der Waals surface area contributed by atoms with E-state index in [2.05, 4.69) is 5.10 Å². The van der Waals surface area contributed by atoms with Crippen molar-refractivity contribution < 1.29 is 14.6 Å². The van der Waals surface area contributed by atoms with Crippen molar-refractivity contribution in [1.29, 1.82) is 0 Å². The van der Waals surface area contributed by atoms with Crippen LogP contribution in [0.25, 0.3) is 5.52 Å². The van der Waals surface area contributed by atoms with Crippen molar-refractivity contribution in [2.45, 2.75) is 0 Å². The highest BCUT2D eigenvalue weighted by Crippen LogP contribution is 2.20. The van der Waals surface area contributed by atoms with Crippen LogP contribution in [0.1, 0.15) is 10.5 Å². The van der Waals surface area contributed by atoms with Gasteiger partial charge in [0.15, 0.2) is 5.69 Å². The van der Waals surface area contributed by atoms with Crippen LogP contribution in [0.4, 0.5) is 0 Å². The van der Waals surface area contributed by atoms with Crippen LogP contribution in [-0.4, -0.2) is 27.8 Å². The van der Waals surface area contributed by atoms with Gasteiger partial charge in [-0.3, -0.25) is 0 Å². The maximum atomic E-state index is 10.8. The molecule has 0 spiro atoms. The first-order chi connectivity index (χ1) is 6.74. The first-order valence-corrected chi connectivity index (χ1v) is 3.98. The molecule has 0 radical (unpaired) electrons. The minimum Gasteiger partial charge on any atom is -0.494 e. The molecule has 2 aromatic rings. The van der Waals surface area contributed by atoms with Crippen LogP contribution < -0.4 is 4.74 Å². The molecule has 5 heteroatoms. The number of rotatable bonds is 2. The molecule has 14 heavy (non-hydrogen) atoms. The van der Waals surface area contributed by atoms with Crippen LogP contribution in [0.2, 0.25) is 0 Å². The van der Waals surface area contributed by atoms with E-state index < -0.39 is 5.97 Å². The van der Waals surface area contributed by atoms with Gasteiger partial charge in [-0.25, -0.2) is 9.31 Å². The number of pyridine rings is 1. The summed E-state index contributed by atoms with van der Waals surface area (Å²) >= 11 is 0. The number of aromatic nitrogens is 2. The molecule has 0 bridgehead atoms. The fraction of sp³-hybridized carbons (Fsp3) is 0.111. The lowest BCUT2D eigenvalue weighted by Gasteiger charge is -2.04. The molecule has 0 aliphatic rings. The van der Waals surface area contributed by atoms with Gasteiger partial charge >= 0.3 is 5.97 Å². The van der Waals surface area contributed by atoms with E-state index >= 15 is 0 Å². The van der Waals surface area contributed by atoms with Crippen LogP contribution in [-0.2, 0) is 0 Å². The van der Waals surface area contributed by atoms with Crippen LogP contribution >= 0.6 is 0 Å². The van der Waals surface area contributed by atoms with Crippen molar-refractivity contribution in [2.75, 3.05) is 7.11 Å². The third-order valence-corrected chi connectivity index (χ3v) is 1.95. The van der Waals surface area contributed by atoms with Crippen molar-refractivity contribution in [3.05, 3.63) is 30.1 Å². The molecule has 0 aromatic carbocycles. The Hall–Kier alpha value is -2.04. The molecule has 0 amide bonds. The van der Waals surface area contributed by atoms with E-state index in [-0.39, 0.29) is 5.69 Å². The largest absolute Gasteiger partial charge is 0.494 e. The van der Waals surface area contributed by atoms with E-state index in [4.69, 9.17) is 9.84 Å². The molecule has 2 rings (SSSR count). The maximum absolute atomic E-state index is 10.8. The average molecular weight is 192 g/mol. The second-order valence-electron chi connectivity index (χ2n) is 2.72. The summed E-state index contributed by atoms with van der Waals surface area (Å²) in [5.74, 6) is -0.408. The Morgan fingerprint density at radius 3 is 2.93 bits per heavy atom. The number of nitrogens with zero attached hydrogens (tertiary/aromatic N) is 2. The second kappa shape index (κ2) is 3.02. The van der Waals surface area contributed by atoms with Crippen LogP contribution in [0.5, 0.6) is 5.75 Å². The van der Waals surface area contributed by atoms with Gasteiger partial charge < -0.3 is 9.84 Å². The zero-order valence-corrected chi connectivity index (χ0v) is 7.47. The van der Waals surface area contributed by atoms with E-state index in [1.807, 2.05) is 0 Å². The molecule has 0 aliphatic carbocycles. The molecule has 0 unspecified atom stereocenters. The zero-order chi connectivity index (χ0) is 10.1. The van der Waals surface area contributed by atoms with E-state index in [0.717, 1.165) is 0 Å².